The third-order valence-corrected chi connectivity index (χ3v) is 5.19. The average Bonchev–Trinajstić information content (AvgIpc) is 2.67. The van der Waals surface area contributed by atoms with Gasteiger partial charge in [-0.05, 0) is 41.3 Å². The summed E-state index contributed by atoms with van der Waals surface area (Å²) < 4.78 is 25.2. The van der Waals surface area contributed by atoms with E-state index in [1.54, 1.807) is 11.8 Å². The van der Waals surface area contributed by atoms with Crippen LogP contribution in [0, 0.1) is 0 Å². The lowest BCUT2D eigenvalue weighted by Gasteiger charge is -2.16. The van der Waals surface area contributed by atoms with Gasteiger partial charge in [-0.2, -0.15) is 8.78 Å². The molecule has 0 heterocycles. The Balaban J connectivity index is 1.83. The van der Waals surface area contributed by atoms with Gasteiger partial charge < -0.3 is 0 Å². The Kier molecular flexibility index (Phi) is 6.02. The van der Waals surface area contributed by atoms with Crippen molar-refractivity contribution in [3.8, 4) is 11.1 Å². The first-order valence-electron chi connectivity index (χ1n) is 8.10. The smallest absolute Gasteiger partial charge is 0.174 e. The highest BCUT2D eigenvalue weighted by atomic mass is 32.2. The van der Waals surface area contributed by atoms with Gasteiger partial charge in [-0.3, -0.25) is 0 Å². The van der Waals surface area contributed by atoms with E-state index in [2.05, 4.69) is 24.3 Å². The minimum absolute atomic E-state index is 0.0475. The van der Waals surface area contributed by atoms with Crippen molar-refractivity contribution >= 4 is 11.8 Å². The molecule has 126 valence electrons. The minimum atomic E-state index is -1.63. The molecule has 0 aromatic heterocycles. The third kappa shape index (κ3) is 5.04. The first-order chi connectivity index (χ1) is 12.2. The zero-order valence-corrected chi connectivity index (χ0v) is 14.4. The van der Waals surface area contributed by atoms with E-state index in [0.29, 0.717) is 6.42 Å². The second kappa shape index (κ2) is 8.63. The SMILES string of the molecule is FC(F)=CC[C@H](Sc1ccccc1)c1ccc(-c2ccccc2)cc1. The van der Waals surface area contributed by atoms with Gasteiger partial charge in [0.25, 0.3) is 6.08 Å². The van der Waals surface area contributed by atoms with Gasteiger partial charge >= 0.3 is 0 Å². The summed E-state index contributed by atoms with van der Waals surface area (Å²) in [5, 5.41) is -0.0475. The predicted molar refractivity (Wildman–Crippen MR) is 102 cm³/mol. The van der Waals surface area contributed by atoms with E-state index in [-0.39, 0.29) is 5.25 Å². The van der Waals surface area contributed by atoms with E-state index in [9.17, 15) is 8.78 Å². The van der Waals surface area contributed by atoms with Gasteiger partial charge in [0.15, 0.2) is 0 Å². The van der Waals surface area contributed by atoms with Gasteiger partial charge in [0.1, 0.15) is 0 Å². The van der Waals surface area contributed by atoms with Gasteiger partial charge in [-0.15, -0.1) is 11.8 Å². The zero-order valence-electron chi connectivity index (χ0n) is 13.6. The number of hydrogen-bond acceptors (Lipinski definition) is 1. The highest BCUT2D eigenvalue weighted by Gasteiger charge is 2.13. The molecule has 0 fully saturated rings. The van der Waals surface area contributed by atoms with Gasteiger partial charge in [-0.25, -0.2) is 0 Å². The topological polar surface area (TPSA) is 0 Å². The first-order valence-corrected chi connectivity index (χ1v) is 8.98. The molecule has 1 atom stereocenters. The molecule has 0 nitrogen and oxygen atoms in total. The Morgan fingerprint density at radius 1 is 0.760 bits per heavy atom. The molecular formula is C22H18F2S. The lowest BCUT2D eigenvalue weighted by molar-refractivity contribution is 0.417. The first kappa shape index (κ1) is 17.4. The average molecular weight is 352 g/mol. The van der Waals surface area contributed by atoms with Crippen LogP contribution < -0.4 is 0 Å². The highest BCUT2D eigenvalue weighted by Crippen LogP contribution is 2.39. The molecule has 0 aliphatic carbocycles. The normalized spacial score (nSPS) is 11.8. The summed E-state index contributed by atoms with van der Waals surface area (Å²) in [6.07, 6.45) is -0.322. The van der Waals surface area contributed by atoms with E-state index >= 15 is 0 Å². The summed E-state index contributed by atoms with van der Waals surface area (Å²) in [4.78, 5) is 1.08. The Morgan fingerprint density at radius 3 is 1.92 bits per heavy atom. The van der Waals surface area contributed by atoms with E-state index in [1.807, 2.05) is 60.7 Å². The van der Waals surface area contributed by atoms with Gasteiger partial charge in [0, 0.05) is 10.1 Å². The van der Waals surface area contributed by atoms with Crippen LogP contribution in [0.5, 0.6) is 0 Å². The number of thioether (sulfide) groups is 1. The molecule has 3 heteroatoms. The molecule has 0 unspecified atom stereocenters. The summed E-state index contributed by atoms with van der Waals surface area (Å²) in [6.45, 7) is 0. The monoisotopic (exact) mass is 352 g/mol. The number of benzene rings is 3. The molecular weight excluding hydrogens is 334 g/mol. The fourth-order valence-corrected chi connectivity index (χ4v) is 3.76. The van der Waals surface area contributed by atoms with Gasteiger partial charge in [0.05, 0.1) is 0 Å². The quantitative estimate of drug-likeness (QED) is 0.418. The van der Waals surface area contributed by atoms with Crippen molar-refractivity contribution in [2.75, 3.05) is 0 Å². The lowest BCUT2D eigenvalue weighted by Crippen LogP contribution is -1.93. The zero-order chi connectivity index (χ0) is 17.5. The van der Waals surface area contributed by atoms with Crippen molar-refractivity contribution in [2.24, 2.45) is 0 Å². The van der Waals surface area contributed by atoms with E-state index in [0.717, 1.165) is 27.7 Å². The van der Waals surface area contributed by atoms with E-state index < -0.39 is 6.08 Å². The number of allylic oxidation sites excluding steroid dienone is 1. The van der Waals surface area contributed by atoms with Crippen molar-refractivity contribution in [3.05, 3.63) is 103 Å². The van der Waals surface area contributed by atoms with Crippen LogP contribution in [-0.2, 0) is 0 Å². The maximum absolute atomic E-state index is 12.6. The van der Waals surface area contributed by atoms with E-state index in [4.69, 9.17) is 0 Å². The van der Waals surface area contributed by atoms with Gasteiger partial charge in [0.2, 0.25) is 0 Å². The largest absolute Gasteiger partial charge is 0.266 e. The summed E-state index contributed by atoms with van der Waals surface area (Å²) in [5.74, 6) is 0. The molecule has 0 aliphatic rings. The van der Waals surface area contributed by atoms with Crippen molar-refractivity contribution < 1.29 is 8.78 Å². The van der Waals surface area contributed by atoms with Crippen LogP contribution in [0.2, 0.25) is 0 Å². The fraction of sp³-hybridized carbons (Fsp3) is 0.0909. The predicted octanol–water partition coefficient (Wildman–Crippen LogP) is 7.36. The van der Waals surface area contributed by atoms with Crippen LogP contribution >= 0.6 is 11.8 Å². The van der Waals surface area contributed by atoms with Crippen molar-refractivity contribution in [3.63, 3.8) is 0 Å². The minimum Gasteiger partial charge on any atom is -0.174 e. The summed E-state index contributed by atoms with van der Waals surface area (Å²) in [7, 11) is 0. The Labute approximate surface area is 151 Å². The second-order valence-electron chi connectivity index (χ2n) is 5.64. The van der Waals surface area contributed by atoms with Crippen molar-refractivity contribution in [1.29, 1.82) is 0 Å². The third-order valence-electron chi connectivity index (χ3n) is 3.90. The molecule has 0 saturated carbocycles. The van der Waals surface area contributed by atoms with Crippen LogP contribution in [0.3, 0.4) is 0 Å². The molecule has 0 N–H and O–H groups in total. The Bertz CT molecular complexity index is 808. The lowest BCUT2D eigenvalue weighted by atomic mass is 10.0. The van der Waals surface area contributed by atoms with Crippen LogP contribution in [0.4, 0.5) is 8.78 Å². The molecule has 0 amide bonds. The molecule has 0 saturated heterocycles. The molecule has 3 rings (SSSR count). The number of hydrogen-bond donors (Lipinski definition) is 0. The molecule has 0 aliphatic heterocycles. The summed E-state index contributed by atoms with van der Waals surface area (Å²) in [6, 6.07) is 28.2. The van der Waals surface area contributed by atoms with E-state index in [1.165, 1.54) is 0 Å². The second-order valence-corrected chi connectivity index (χ2v) is 6.91. The maximum atomic E-state index is 12.6. The number of halogens is 2. The van der Waals surface area contributed by atoms with Crippen LogP contribution in [0.15, 0.2) is 102 Å². The molecule has 0 bridgehead atoms. The molecule has 0 radical (unpaired) electrons. The van der Waals surface area contributed by atoms with Crippen LogP contribution in [0.25, 0.3) is 11.1 Å². The summed E-state index contributed by atoms with van der Waals surface area (Å²) in [5.41, 5.74) is 3.32. The molecule has 3 aromatic carbocycles. The van der Waals surface area contributed by atoms with Gasteiger partial charge in [-0.1, -0.05) is 72.8 Å². The molecule has 0 spiro atoms. The highest BCUT2D eigenvalue weighted by molar-refractivity contribution is 7.99. The maximum Gasteiger partial charge on any atom is 0.266 e. The van der Waals surface area contributed by atoms with Crippen molar-refractivity contribution in [2.45, 2.75) is 16.6 Å². The Morgan fingerprint density at radius 2 is 1.32 bits per heavy atom. The molecule has 25 heavy (non-hydrogen) atoms. The fourth-order valence-electron chi connectivity index (χ4n) is 2.63. The Hall–Kier alpha value is -2.39. The van der Waals surface area contributed by atoms with Crippen LogP contribution in [-0.4, -0.2) is 0 Å². The molecule has 3 aromatic rings. The van der Waals surface area contributed by atoms with Crippen molar-refractivity contribution in [1.82, 2.24) is 0 Å². The summed E-state index contributed by atoms with van der Waals surface area (Å²) >= 11 is 1.61. The standard InChI is InChI=1S/C22H18F2S/c23-22(24)16-15-21(25-20-9-5-2-6-10-20)19-13-11-18(12-14-19)17-7-3-1-4-8-17/h1-14,16,21H,15H2/t21-/m0/s1. The van der Waals surface area contributed by atoms with Crippen LogP contribution in [0.1, 0.15) is 17.2 Å². The number of rotatable bonds is 6.